The fourth-order valence-corrected chi connectivity index (χ4v) is 2.02. The lowest BCUT2D eigenvalue weighted by Crippen LogP contribution is -2.42. The Morgan fingerprint density at radius 1 is 1.22 bits per heavy atom. The van der Waals surface area contributed by atoms with Gasteiger partial charge in [0.2, 0.25) is 0 Å². The molecule has 18 heavy (non-hydrogen) atoms. The highest BCUT2D eigenvalue weighted by atomic mass is 19.4. The van der Waals surface area contributed by atoms with Crippen LogP contribution in [0.1, 0.15) is 18.9 Å². The van der Waals surface area contributed by atoms with Crippen molar-refractivity contribution in [3.8, 4) is 5.75 Å². The summed E-state index contributed by atoms with van der Waals surface area (Å²) in [6.45, 7) is 3.80. The molecule has 0 aliphatic carbocycles. The lowest BCUT2D eigenvalue weighted by atomic mass is 9.97. The van der Waals surface area contributed by atoms with Gasteiger partial charge < -0.3 is 10.1 Å². The summed E-state index contributed by atoms with van der Waals surface area (Å²) in [5, 5.41) is 3.22. The van der Waals surface area contributed by atoms with E-state index in [1.165, 1.54) is 12.1 Å². The summed E-state index contributed by atoms with van der Waals surface area (Å²) in [6, 6.07) is 4.86. The highest BCUT2D eigenvalue weighted by molar-refractivity contribution is 5.29. The topological polar surface area (TPSA) is 21.3 Å². The second-order valence-electron chi connectivity index (χ2n) is 4.65. The van der Waals surface area contributed by atoms with Crippen molar-refractivity contribution in [3.63, 3.8) is 0 Å². The van der Waals surface area contributed by atoms with E-state index in [1.54, 1.807) is 0 Å². The van der Waals surface area contributed by atoms with Crippen molar-refractivity contribution in [1.82, 2.24) is 5.32 Å². The van der Waals surface area contributed by atoms with E-state index < -0.39 is 11.7 Å². The van der Waals surface area contributed by atoms with Gasteiger partial charge >= 0.3 is 6.18 Å². The van der Waals surface area contributed by atoms with Crippen LogP contribution >= 0.6 is 0 Å². The number of hydrogen-bond donors (Lipinski definition) is 1. The van der Waals surface area contributed by atoms with Crippen LogP contribution in [0.4, 0.5) is 13.2 Å². The van der Waals surface area contributed by atoms with E-state index in [4.69, 9.17) is 4.74 Å². The van der Waals surface area contributed by atoms with Crippen LogP contribution in [0.25, 0.3) is 0 Å². The van der Waals surface area contributed by atoms with Crippen LogP contribution in [0.2, 0.25) is 0 Å². The maximum atomic E-state index is 12.4. The first-order valence-electron chi connectivity index (χ1n) is 6.01. The number of hydrogen-bond acceptors (Lipinski definition) is 2. The maximum absolute atomic E-state index is 12.4. The molecule has 0 saturated carbocycles. The van der Waals surface area contributed by atoms with Gasteiger partial charge in [-0.1, -0.05) is 6.92 Å². The predicted molar refractivity (Wildman–Crippen MR) is 62.5 cm³/mol. The Morgan fingerprint density at radius 3 is 2.44 bits per heavy atom. The highest BCUT2D eigenvalue weighted by Gasteiger charge is 2.30. The van der Waals surface area contributed by atoms with Gasteiger partial charge in [0.1, 0.15) is 11.9 Å². The van der Waals surface area contributed by atoms with Crippen molar-refractivity contribution in [2.45, 2.75) is 25.6 Å². The van der Waals surface area contributed by atoms with Crippen LogP contribution in [-0.2, 0) is 6.18 Å². The average molecular weight is 259 g/mol. The summed E-state index contributed by atoms with van der Waals surface area (Å²) >= 11 is 0. The third kappa shape index (κ3) is 3.16. The van der Waals surface area contributed by atoms with Crippen molar-refractivity contribution in [2.24, 2.45) is 5.92 Å². The number of benzene rings is 1. The molecular formula is C13H16F3NO. The summed E-state index contributed by atoms with van der Waals surface area (Å²) < 4.78 is 42.9. The van der Waals surface area contributed by atoms with Crippen molar-refractivity contribution in [2.75, 3.05) is 13.1 Å². The molecule has 1 N–H and O–H groups in total. The van der Waals surface area contributed by atoms with E-state index >= 15 is 0 Å². The van der Waals surface area contributed by atoms with Crippen molar-refractivity contribution >= 4 is 0 Å². The Bertz CT molecular complexity index is 388. The quantitative estimate of drug-likeness (QED) is 0.881. The van der Waals surface area contributed by atoms with E-state index in [2.05, 4.69) is 12.2 Å². The Hall–Kier alpha value is -1.23. The molecule has 5 heteroatoms. The molecule has 1 aliphatic heterocycles. The minimum absolute atomic E-state index is 0.0236. The second-order valence-corrected chi connectivity index (χ2v) is 4.65. The van der Waals surface area contributed by atoms with Crippen LogP contribution < -0.4 is 10.1 Å². The van der Waals surface area contributed by atoms with Gasteiger partial charge in [0.15, 0.2) is 0 Å². The lowest BCUT2D eigenvalue weighted by molar-refractivity contribution is -0.137. The van der Waals surface area contributed by atoms with Crippen LogP contribution in [-0.4, -0.2) is 19.2 Å². The van der Waals surface area contributed by atoms with Gasteiger partial charge in [-0.3, -0.25) is 0 Å². The van der Waals surface area contributed by atoms with Gasteiger partial charge in [0.25, 0.3) is 0 Å². The normalized spacial score (nSPS) is 24.9. The molecule has 0 radical (unpaired) electrons. The zero-order valence-electron chi connectivity index (χ0n) is 10.1. The molecule has 0 aromatic heterocycles. The highest BCUT2D eigenvalue weighted by Crippen LogP contribution is 2.30. The van der Waals surface area contributed by atoms with E-state index in [0.717, 1.165) is 31.6 Å². The summed E-state index contributed by atoms with van der Waals surface area (Å²) in [5.41, 5.74) is -0.648. The molecule has 1 heterocycles. The number of piperidine rings is 1. The molecule has 2 unspecified atom stereocenters. The number of halogens is 3. The summed E-state index contributed by atoms with van der Waals surface area (Å²) in [4.78, 5) is 0. The van der Waals surface area contributed by atoms with Crippen LogP contribution in [0, 0.1) is 5.92 Å². The van der Waals surface area contributed by atoms with Gasteiger partial charge in [0, 0.05) is 6.54 Å². The molecule has 1 fully saturated rings. The fraction of sp³-hybridized carbons (Fsp3) is 0.538. The molecule has 1 saturated heterocycles. The Kier molecular flexibility index (Phi) is 3.80. The number of ether oxygens (including phenoxy) is 1. The van der Waals surface area contributed by atoms with Crippen molar-refractivity contribution in [3.05, 3.63) is 29.8 Å². The molecule has 2 rings (SSSR count). The Balaban J connectivity index is 2.02. The first-order valence-corrected chi connectivity index (χ1v) is 6.01. The van der Waals surface area contributed by atoms with E-state index in [1.807, 2.05) is 0 Å². The lowest BCUT2D eigenvalue weighted by Gasteiger charge is -2.30. The molecule has 1 aromatic carbocycles. The molecular weight excluding hydrogens is 243 g/mol. The molecule has 0 amide bonds. The Morgan fingerprint density at radius 2 is 1.89 bits per heavy atom. The molecule has 1 aliphatic rings. The molecule has 100 valence electrons. The minimum atomic E-state index is -4.29. The maximum Gasteiger partial charge on any atom is 0.416 e. The molecule has 2 nitrogen and oxygen atoms in total. The first-order chi connectivity index (χ1) is 8.47. The third-order valence-electron chi connectivity index (χ3n) is 3.23. The van der Waals surface area contributed by atoms with Crippen molar-refractivity contribution in [1.29, 1.82) is 0 Å². The van der Waals surface area contributed by atoms with E-state index in [9.17, 15) is 13.2 Å². The molecule has 0 bridgehead atoms. The van der Waals surface area contributed by atoms with Gasteiger partial charge in [-0.05, 0) is 43.1 Å². The van der Waals surface area contributed by atoms with Crippen molar-refractivity contribution < 1.29 is 17.9 Å². The molecule has 2 atom stereocenters. The molecule has 1 aromatic rings. The zero-order valence-corrected chi connectivity index (χ0v) is 10.1. The average Bonchev–Trinajstić information content (AvgIpc) is 2.32. The smallest absolute Gasteiger partial charge is 0.416 e. The van der Waals surface area contributed by atoms with Gasteiger partial charge in [0.05, 0.1) is 5.56 Å². The fourth-order valence-electron chi connectivity index (χ4n) is 2.02. The summed E-state index contributed by atoms with van der Waals surface area (Å²) in [7, 11) is 0. The largest absolute Gasteiger partial charge is 0.489 e. The SMILES string of the molecule is CC1CCNCC1Oc1ccc(C(F)(F)F)cc1. The number of alkyl halides is 3. The van der Waals surface area contributed by atoms with Crippen LogP contribution in [0.5, 0.6) is 5.75 Å². The third-order valence-corrected chi connectivity index (χ3v) is 3.23. The van der Waals surface area contributed by atoms with Crippen LogP contribution in [0.3, 0.4) is 0 Å². The number of nitrogens with one attached hydrogen (secondary N) is 1. The summed E-state index contributed by atoms with van der Waals surface area (Å²) in [6.07, 6.45) is -3.25. The van der Waals surface area contributed by atoms with Gasteiger partial charge in [-0.2, -0.15) is 13.2 Å². The predicted octanol–water partition coefficient (Wildman–Crippen LogP) is 3.08. The number of rotatable bonds is 2. The van der Waals surface area contributed by atoms with Gasteiger partial charge in [-0.25, -0.2) is 0 Å². The monoisotopic (exact) mass is 259 g/mol. The van der Waals surface area contributed by atoms with E-state index in [0.29, 0.717) is 11.7 Å². The van der Waals surface area contributed by atoms with Crippen LogP contribution in [0.15, 0.2) is 24.3 Å². The molecule has 0 spiro atoms. The second kappa shape index (κ2) is 5.18. The van der Waals surface area contributed by atoms with E-state index in [-0.39, 0.29) is 6.10 Å². The zero-order chi connectivity index (χ0) is 13.2. The Labute approximate surface area is 104 Å². The minimum Gasteiger partial charge on any atom is -0.489 e. The standard InChI is InChI=1S/C13H16F3NO/c1-9-6-7-17-8-12(9)18-11-4-2-10(3-5-11)13(14,15)16/h2-5,9,12,17H,6-8H2,1H3. The first kappa shape index (κ1) is 13.2. The summed E-state index contributed by atoms with van der Waals surface area (Å²) in [5.74, 6) is 0.900. The van der Waals surface area contributed by atoms with Gasteiger partial charge in [-0.15, -0.1) is 0 Å².